The molecule has 150 valence electrons. The quantitative estimate of drug-likeness (QED) is 0.431. The highest BCUT2D eigenvalue weighted by atomic mass is 16.1. The predicted octanol–water partition coefficient (Wildman–Crippen LogP) is 3.03. The number of aromatic nitrogens is 5. The van der Waals surface area contributed by atoms with Gasteiger partial charge in [-0.2, -0.15) is 10.2 Å². The highest BCUT2D eigenvalue weighted by Crippen LogP contribution is 2.23. The summed E-state index contributed by atoms with van der Waals surface area (Å²) in [6.45, 7) is 0. The zero-order valence-corrected chi connectivity index (χ0v) is 16.4. The number of amides is 1. The molecule has 0 unspecified atom stereocenters. The Balaban J connectivity index is 1.41. The number of nitrogens with one attached hydrogen (secondary N) is 2. The van der Waals surface area contributed by atoms with Gasteiger partial charge in [-0.3, -0.25) is 19.6 Å². The van der Waals surface area contributed by atoms with Crippen LogP contribution in [0.15, 0.2) is 67.4 Å². The summed E-state index contributed by atoms with van der Waals surface area (Å²) in [6, 6.07) is 9.53. The van der Waals surface area contributed by atoms with Crippen LogP contribution < -0.4 is 11.1 Å². The second-order valence-corrected chi connectivity index (χ2v) is 6.87. The van der Waals surface area contributed by atoms with Gasteiger partial charge in [0.05, 0.1) is 12.4 Å². The van der Waals surface area contributed by atoms with Crippen molar-refractivity contribution in [3.8, 4) is 11.1 Å². The lowest BCUT2D eigenvalue weighted by Crippen LogP contribution is -2.07. The van der Waals surface area contributed by atoms with E-state index in [2.05, 4.69) is 25.6 Å². The van der Waals surface area contributed by atoms with Gasteiger partial charge in [-0.1, -0.05) is 12.1 Å². The minimum Gasteiger partial charge on any atom is -0.384 e. The van der Waals surface area contributed by atoms with Crippen LogP contribution in [-0.2, 0) is 18.3 Å². The van der Waals surface area contributed by atoms with E-state index >= 15 is 0 Å². The fourth-order valence-corrected chi connectivity index (χ4v) is 3.10. The zero-order chi connectivity index (χ0) is 20.9. The number of nitrogens with zero attached hydrogens (tertiary/aromatic N) is 4. The van der Waals surface area contributed by atoms with Crippen LogP contribution in [0.25, 0.3) is 17.2 Å². The van der Waals surface area contributed by atoms with E-state index in [-0.39, 0.29) is 5.91 Å². The molecule has 1 aromatic carbocycles. The molecule has 8 heteroatoms. The maximum Gasteiger partial charge on any atom is 0.248 e. The van der Waals surface area contributed by atoms with E-state index in [1.165, 1.54) is 6.08 Å². The van der Waals surface area contributed by atoms with Gasteiger partial charge in [0.15, 0.2) is 0 Å². The minimum atomic E-state index is -0.220. The topological polar surface area (TPSA) is 115 Å². The van der Waals surface area contributed by atoms with Crippen LogP contribution in [-0.4, -0.2) is 30.9 Å². The molecule has 0 saturated carbocycles. The number of nitrogens with two attached hydrogens (primary N) is 1. The molecule has 3 aromatic heterocycles. The maximum absolute atomic E-state index is 12.4. The van der Waals surface area contributed by atoms with Crippen LogP contribution in [0, 0.1) is 0 Å². The van der Waals surface area contributed by atoms with Crippen molar-refractivity contribution >= 4 is 23.5 Å². The SMILES string of the molecule is Cn1cc(-c2ccncc2/C=C/C(=O)Nc2ccc(Cc3cn[nH]c3N)cc2)cn1. The molecule has 0 aliphatic rings. The molecule has 30 heavy (non-hydrogen) atoms. The number of nitrogen functional groups attached to an aromatic ring is 1. The van der Waals surface area contributed by atoms with Crippen molar-refractivity contribution in [3.05, 3.63) is 84.1 Å². The number of anilines is 2. The van der Waals surface area contributed by atoms with E-state index in [4.69, 9.17) is 5.73 Å². The van der Waals surface area contributed by atoms with Crippen LogP contribution in [0.1, 0.15) is 16.7 Å². The summed E-state index contributed by atoms with van der Waals surface area (Å²) in [5, 5.41) is 13.7. The summed E-state index contributed by atoms with van der Waals surface area (Å²) in [5.41, 5.74) is 11.3. The monoisotopic (exact) mass is 399 g/mol. The van der Waals surface area contributed by atoms with Crippen molar-refractivity contribution in [3.63, 3.8) is 0 Å². The lowest BCUT2D eigenvalue weighted by Gasteiger charge is -2.05. The van der Waals surface area contributed by atoms with E-state index in [0.29, 0.717) is 17.9 Å². The van der Waals surface area contributed by atoms with Gasteiger partial charge in [-0.05, 0) is 35.4 Å². The van der Waals surface area contributed by atoms with Gasteiger partial charge < -0.3 is 11.1 Å². The van der Waals surface area contributed by atoms with Gasteiger partial charge in [0, 0.05) is 60.5 Å². The van der Waals surface area contributed by atoms with Gasteiger partial charge in [-0.25, -0.2) is 0 Å². The van der Waals surface area contributed by atoms with Crippen LogP contribution in [0.3, 0.4) is 0 Å². The smallest absolute Gasteiger partial charge is 0.248 e. The number of carbonyl (C=O) groups is 1. The van der Waals surface area contributed by atoms with Gasteiger partial charge in [-0.15, -0.1) is 0 Å². The van der Waals surface area contributed by atoms with Crippen LogP contribution in [0.4, 0.5) is 11.5 Å². The molecule has 0 aliphatic heterocycles. The Kier molecular flexibility index (Phi) is 5.38. The summed E-state index contributed by atoms with van der Waals surface area (Å²) < 4.78 is 1.74. The van der Waals surface area contributed by atoms with E-state index in [9.17, 15) is 4.79 Å². The van der Waals surface area contributed by atoms with Crippen molar-refractivity contribution in [2.45, 2.75) is 6.42 Å². The van der Waals surface area contributed by atoms with Crippen molar-refractivity contribution < 1.29 is 4.79 Å². The van der Waals surface area contributed by atoms with E-state index < -0.39 is 0 Å². The Bertz CT molecular complexity index is 1190. The molecule has 4 N–H and O–H groups in total. The van der Waals surface area contributed by atoms with Crippen molar-refractivity contribution in [2.75, 3.05) is 11.1 Å². The second kappa shape index (κ2) is 8.44. The molecular formula is C22H21N7O. The summed E-state index contributed by atoms with van der Waals surface area (Å²) in [7, 11) is 1.86. The van der Waals surface area contributed by atoms with E-state index in [1.807, 2.05) is 43.6 Å². The Labute approximate surface area is 173 Å². The second-order valence-electron chi connectivity index (χ2n) is 6.87. The molecule has 0 aliphatic carbocycles. The number of carbonyl (C=O) groups excluding carboxylic acids is 1. The summed E-state index contributed by atoms with van der Waals surface area (Å²) >= 11 is 0. The molecule has 0 radical (unpaired) electrons. The van der Waals surface area contributed by atoms with Crippen molar-refractivity contribution in [1.29, 1.82) is 0 Å². The van der Waals surface area contributed by atoms with E-state index in [1.54, 1.807) is 35.5 Å². The molecule has 4 aromatic rings. The number of hydrogen-bond acceptors (Lipinski definition) is 5. The molecule has 0 spiro atoms. The molecule has 1 amide bonds. The first kappa shape index (κ1) is 19.1. The third-order valence-electron chi connectivity index (χ3n) is 4.65. The number of benzene rings is 1. The summed E-state index contributed by atoms with van der Waals surface area (Å²) in [6.07, 6.45) is 12.8. The summed E-state index contributed by atoms with van der Waals surface area (Å²) in [4.78, 5) is 16.5. The van der Waals surface area contributed by atoms with Crippen molar-refractivity contribution in [1.82, 2.24) is 25.0 Å². The van der Waals surface area contributed by atoms with Gasteiger partial charge >= 0.3 is 0 Å². The van der Waals surface area contributed by atoms with Crippen LogP contribution in [0.2, 0.25) is 0 Å². The normalized spacial score (nSPS) is 11.1. The average molecular weight is 399 g/mol. The number of aromatic amines is 1. The fraction of sp³-hybridized carbons (Fsp3) is 0.0909. The molecule has 0 bridgehead atoms. The Morgan fingerprint density at radius 2 is 2.03 bits per heavy atom. The van der Waals surface area contributed by atoms with Gasteiger partial charge in [0.2, 0.25) is 5.91 Å². The van der Waals surface area contributed by atoms with Crippen LogP contribution in [0.5, 0.6) is 0 Å². The predicted molar refractivity (Wildman–Crippen MR) is 116 cm³/mol. The lowest BCUT2D eigenvalue weighted by atomic mass is 10.0. The number of H-pyrrole nitrogens is 1. The molecule has 8 nitrogen and oxygen atoms in total. The lowest BCUT2D eigenvalue weighted by molar-refractivity contribution is -0.111. The van der Waals surface area contributed by atoms with Gasteiger partial charge in [0.1, 0.15) is 5.82 Å². The standard InChI is InChI=1S/C22H21N7O/c1-29-14-18(13-26-29)20-8-9-24-11-16(20)4-7-21(30)27-19-5-2-15(3-6-19)10-17-12-25-28-22(17)23/h2-9,11-14H,10H2,1H3,(H,27,30)(H3,23,25,28)/b7-4+. The first-order valence-corrected chi connectivity index (χ1v) is 9.37. The zero-order valence-electron chi connectivity index (χ0n) is 16.4. The molecule has 0 fully saturated rings. The minimum absolute atomic E-state index is 0.220. The Hall–Kier alpha value is -4.20. The number of hydrogen-bond donors (Lipinski definition) is 3. The Morgan fingerprint density at radius 3 is 2.73 bits per heavy atom. The Morgan fingerprint density at radius 1 is 1.20 bits per heavy atom. The number of rotatable bonds is 6. The summed E-state index contributed by atoms with van der Waals surface area (Å²) in [5.74, 6) is 0.349. The van der Waals surface area contributed by atoms with E-state index in [0.717, 1.165) is 27.8 Å². The average Bonchev–Trinajstić information content (AvgIpc) is 3.36. The first-order chi connectivity index (χ1) is 14.6. The third-order valence-corrected chi connectivity index (χ3v) is 4.65. The van der Waals surface area contributed by atoms with Gasteiger partial charge in [0.25, 0.3) is 0 Å². The molecule has 3 heterocycles. The molecule has 0 saturated heterocycles. The first-order valence-electron chi connectivity index (χ1n) is 9.37. The molecular weight excluding hydrogens is 378 g/mol. The fourth-order valence-electron chi connectivity index (χ4n) is 3.10. The largest absolute Gasteiger partial charge is 0.384 e. The maximum atomic E-state index is 12.4. The van der Waals surface area contributed by atoms with Crippen LogP contribution >= 0.6 is 0 Å². The third kappa shape index (κ3) is 4.44. The number of aryl methyl sites for hydroxylation is 1. The number of pyridine rings is 1. The molecule has 0 atom stereocenters. The highest BCUT2D eigenvalue weighted by Gasteiger charge is 2.06. The van der Waals surface area contributed by atoms with Crippen molar-refractivity contribution in [2.24, 2.45) is 7.05 Å². The molecule has 4 rings (SSSR count). The highest BCUT2D eigenvalue weighted by molar-refractivity contribution is 6.02.